The number of fused-ring (bicyclic) bond motifs is 1. The van der Waals surface area contributed by atoms with Crippen LogP contribution in [0, 0.1) is 0 Å². The number of ketones is 1. The molecule has 1 aliphatic rings. The minimum Gasteiger partial charge on any atom is -0.465 e. The minimum absolute atomic E-state index is 0.156. The first-order chi connectivity index (χ1) is 10.6. The maximum Gasteiger partial charge on any atom is 0.407 e. The molecule has 4 nitrogen and oxygen atoms in total. The predicted octanol–water partition coefficient (Wildman–Crippen LogP) is 3.39. The van der Waals surface area contributed by atoms with E-state index >= 15 is 0 Å². The van der Waals surface area contributed by atoms with Crippen LogP contribution in [-0.4, -0.2) is 40.2 Å². The van der Waals surface area contributed by atoms with Gasteiger partial charge in [-0.2, -0.15) is 0 Å². The Morgan fingerprint density at radius 3 is 2.77 bits per heavy atom. The van der Waals surface area contributed by atoms with Crippen LogP contribution in [0.5, 0.6) is 0 Å². The average molecular weight is 315 g/mol. The van der Waals surface area contributed by atoms with Crippen molar-refractivity contribution in [2.24, 2.45) is 0 Å². The first-order valence-electron chi connectivity index (χ1n) is 7.23. The zero-order chi connectivity index (χ0) is 15.5. The van der Waals surface area contributed by atoms with Gasteiger partial charge in [0.25, 0.3) is 0 Å². The van der Waals surface area contributed by atoms with E-state index in [0.717, 1.165) is 5.56 Å². The summed E-state index contributed by atoms with van der Waals surface area (Å²) in [5.41, 5.74) is 1.16. The van der Waals surface area contributed by atoms with Crippen molar-refractivity contribution >= 4 is 34.4 Å². The van der Waals surface area contributed by atoms with Crippen LogP contribution in [0.3, 0.4) is 0 Å². The number of nitrogens with zero attached hydrogens (tertiary/aromatic N) is 1. The molecule has 2 aromatic carbocycles. The van der Waals surface area contributed by atoms with Gasteiger partial charge in [0.15, 0.2) is 0 Å². The number of piperidine rings is 1. The van der Waals surface area contributed by atoms with Gasteiger partial charge in [-0.1, -0.05) is 42.5 Å². The van der Waals surface area contributed by atoms with Crippen molar-refractivity contribution in [1.82, 2.24) is 4.90 Å². The van der Waals surface area contributed by atoms with Crippen molar-refractivity contribution in [3.05, 3.63) is 48.0 Å². The molecule has 22 heavy (non-hydrogen) atoms. The van der Waals surface area contributed by atoms with Crippen LogP contribution >= 0.6 is 11.8 Å². The minimum atomic E-state index is -0.941. The Bertz CT molecular complexity index is 716. The maximum absolute atomic E-state index is 12.0. The topological polar surface area (TPSA) is 57.6 Å². The summed E-state index contributed by atoms with van der Waals surface area (Å²) in [4.78, 5) is 24.3. The molecule has 2 aromatic rings. The number of hydrogen-bond acceptors (Lipinski definition) is 3. The number of carboxylic acid groups (broad SMARTS) is 1. The summed E-state index contributed by atoms with van der Waals surface area (Å²) in [6.45, 7) is 0.619. The second-order valence-electron chi connectivity index (χ2n) is 5.43. The third kappa shape index (κ3) is 3.25. The summed E-state index contributed by atoms with van der Waals surface area (Å²) in [5, 5.41) is 11.2. The van der Waals surface area contributed by atoms with E-state index in [1.165, 1.54) is 27.4 Å². The Labute approximate surface area is 133 Å². The number of Topliss-reactive ketones (excluding diaryl/α,β-unsaturated/α-hetero) is 1. The van der Waals surface area contributed by atoms with Crippen LogP contribution < -0.4 is 0 Å². The molecule has 0 unspecified atom stereocenters. The van der Waals surface area contributed by atoms with Crippen molar-refractivity contribution in [2.45, 2.75) is 17.4 Å². The summed E-state index contributed by atoms with van der Waals surface area (Å²) in [5.74, 6) is 0.873. The van der Waals surface area contributed by atoms with Crippen LogP contribution in [0.4, 0.5) is 4.79 Å². The quantitative estimate of drug-likeness (QED) is 0.943. The standard InChI is InChI=1S/C17H17NO3S/c19-15-7-8-18(17(20)21)10-16(15)22-11-12-5-6-13-3-1-2-4-14(13)9-12/h1-6,9,16H,7-8,10-11H2,(H,20,21)/t16-/m0/s1. The molecular weight excluding hydrogens is 298 g/mol. The van der Waals surface area contributed by atoms with Gasteiger partial charge in [0, 0.05) is 25.3 Å². The molecule has 1 saturated heterocycles. The number of rotatable bonds is 3. The average Bonchev–Trinajstić information content (AvgIpc) is 2.53. The molecule has 5 heteroatoms. The van der Waals surface area contributed by atoms with Gasteiger partial charge in [-0.3, -0.25) is 4.79 Å². The van der Waals surface area contributed by atoms with Gasteiger partial charge >= 0.3 is 6.09 Å². The molecule has 3 rings (SSSR count). The van der Waals surface area contributed by atoms with Crippen LogP contribution in [0.25, 0.3) is 10.8 Å². The predicted molar refractivity (Wildman–Crippen MR) is 88.3 cm³/mol. The molecule has 1 amide bonds. The molecule has 0 aromatic heterocycles. The fourth-order valence-electron chi connectivity index (χ4n) is 2.64. The summed E-state index contributed by atoms with van der Waals surface area (Å²) < 4.78 is 0. The third-order valence-electron chi connectivity index (χ3n) is 3.91. The van der Waals surface area contributed by atoms with E-state index in [1.54, 1.807) is 0 Å². The number of carbonyl (C=O) groups excluding carboxylic acids is 1. The van der Waals surface area contributed by atoms with E-state index in [-0.39, 0.29) is 11.0 Å². The number of likely N-dealkylation sites (tertiary alicyclic amines) is 1. The summed E-state index contributed by atoms with van der Waals surface area (Å²) >= 11 is 1.53. The first-order valence-corrected chi connectivity index (χ1v) is 8.28. The number of carbonyl (C=O) groups is 2. The fraction of sp³-hybridized carbons (Fsp3) is 0.294. The van der Waals surface area contributed by atoms with Crippen molar-refractivity contribution in [1.29, 1.82) is 0 Å². The second-order valence-corrected chi connectivity index (χ2v) is 6.62. The second kappa shape index (κ2) is 6.40. The Morgan fingerprint density at radius 1 is 1.23 bits per heavy atom. The highest BCUT2D eigenvalue weighted by molar-refractivity contribution is 7.99. The molecule has 114 valence electrons. The molecule has 1 N–H and O–H groups in total. The Kier molecular flexibility index (Phi) is 4.34. The van der Waals surface area contributed by atoms with Gasteiger partial charge in [0.1, 0.15) is 5.78 Å². The van der Waals surface area contributed by atoms with E-state index in [1.807, 2.05) is 12.1 Å². The molecule has 0 saturated carbocycles. The fourth-order valence-corrected chi connectivity index (χ4v) is 3.81. The van der Waals surface area contributed by atoms with E-state index in [2.05, 4.69) is 30.3 Å². The van der Waals surface area contributed by atoms with Crippen molar-refractivity contribution in [3.8, 4) is 0 Å². The Hall–Kier alpha value is -2.01. The summed E-state index contributed by atoms with van der Waals surface area (Å²) in [6, 6.07) is 14.4. The van der Waals surface area contributed by atoms with Crippen molar-refractivity contribution in [2.75, 3.05) is 13.1 Å². The highest BCUT2D eigenvalue weighted by atomic mass is 32.2. The molecule has 0 aliphatic carbocycles. The zero-order valence-corrected chi connectivity index (χ0v) is 12.9. The SMILES string of the molecule is O=C1CCN(C(=O)O)C[C@@H]1SCc1ccc2ccccc2c1. The van der Waals surface area contributed by atoms with Gasteiger partial charge in [0.05, 0.1) is 5.25 Å². The van der Waals surface area contributed by atoms with Gasteiger partial charge in [-0.15, -0.1) is 11.8 Å². The van der Waals surface area contributed by atoms with E-state index in [9.17, 15) is 9.59 Å². The molecule has 1 aliphatic heterocycles. The number of amides is 1. The third-order valence-corrected chi connectivity index (χ3v) is 5.22. The molecule has 0 spiro atoms. The lowest BCUT2D eigenvalue weighted by Gasteiger charge is -2.29. The maximum atomic E-state index is 12.0. The van der Waals surface area contributed by atoms with E-state index < -0.39 is 6.09 Å². The molecule has 0 radical (unpaired) electrons. The largest absolute Gasteiger partial charge is 0.465 e. The summed E-state index contributed by atoms with van der Waals surface area (Å²) in [6.07, 6.45) is -0.620. The van der Waals surface area contributed by atoms with E-state index in [4.69, 9.17) is 5.11 Å². The monoisotopic (exact) mass is 315 g/mol. The summed E-state index contributed by atoms with van der Waals surface area (Å²) in [7, 11) is 0. The smallest absolute Gasteiger partial charge is 0.407 e. The molecule has 0 bridgehead atoms. The van der Waals surface area contributed by atoms with Crippen LogP contribution in [0.2, 0.25) is 0 Å². The highest BCUT2D eigenvalue weighted by Crippen LogP contribution is 2.25. The van der Waals surface area contributed by atoms with Crippen LogP contribution in [-0.2, 0) is 10.5 Å². The molecule has 1 atom stereocenters. The lowest BCUT2D eigenvalue weighted by molar-refractivity contribution is -0.120. The normalized spacial score (nSPS) is 18.6. The molecular formula is C17H17NO3S. The van der Waals surface area contributed by atoms with Gasteiger partial charge < -0.3 is 10.0 Å². The van der Waals surface area contributed by atoms with Crippen molar-refractivity contribution in [3.63, 3.8) is 0 Å². The Balaban J connectivity index is 1.67. The van der Waals surface area contributed by atoms with Gasteiger partial charge in [-0.05, 0) is 16.3 Å². The first kappa shape index (κ1) is 14.9. The highest BCUT2D eigenvalue weighted by Gasteiger charge is 2.29. The number of thioether (sulfide) groups is 1. The number of benzene rings is 2. The molecule has 1 fully saturated rings. The lowest BCUT2D eigenvalue weighted by atomic mass is 10.1. The zero-order valence-electron chi connectivity index (χ0n) is 12.1. The van der Waals surface area contributed by atoms with E-state index in [0.29, 0.717) is 25.3 Å². The Morgan fingerprint density at radius 2 is 2.00 bits per heavy atom. The number of hydrogen-bond donors (Lipinski definition) is 1. The van der Waals surface area contributed by atoms with Crippen LogP contribution in [0.1, 0.15) is 12.0 Å². The van der Waals surface area contributed by atoms with Gasteiger partial charge in [-0.25, -0.2) is 4.79 Å². The van der Waals surface area contributed by atoms with Crippen LogP contribution in [0.15, 0.2) is 42.5 Å². The van der Waals surface area contributed by atoms with Crippen molar-refractivity contribution < 1.29 is 14.7 Å². The molecule has 1 heterocycles. The van der Waals surface area contributed by atoms with Gasteiger partial charge in [0.2, 0.25) is 0 Å². The lowest BCUT2D eigenvalue weighted by Crippen LogP contribution is -2.45.